The van der Waals surface area contributed by atoms with Crippen LogP contribution in [0.25, 0.3) is 0 Å². The van der Waals surface area contributed by atoms with Crippen molar-refractivity contribution in [3.8, 4) is 0 Å². The number of hydrogen-bond acceptors (Lipinski definition) is 3. The van der Waals surface area contributed by atoms with E-state index in [1.807, 2.05) is 31.2 Å². The molecular formula is C14H15NO4. The lowest BCUT2D eigenvalue weighted by Gasteiger charge is -2.14. The number of aliphatic carboxylic acids is 1. The highest BCUT2D eigenvalue weighted by molar-refractivity contribution is 6.00. The maximum absolute atomic E-state index is 12.1. The number of likely N-dealkylation sites (tertiary alicyclic amines) is 1. The van der Waals surface area contributed by atoms with Crippen LogP contribution in [0.1, 0.15) is 17.5 Å². The van der Waals surface area contributed by atoms with E-state index in [0.717, 1.165) is 16.0 Å². The van der Waals surface area contributed by atoms with E-state index in [2.05, 4.69) is 0 Å². The molecule has 2 rings (SSSR count). The van der Waals surface area contributed by atoms with Gasteiger partial charge in [0.1, 0.15) is 0 Å². The summed E-state index contributed by atoms with van der Waals surface area (Å²) in [5.41, 5.74) is 1.84. The van der Waals surface area contributed by atoms with E-state index in [1.54, 1.807) is 0 Å². The Morgan fingerprint density at radius 1 is 1.37 bits per heavy atom. The zero-order valence-corrected chi connectivity index (χ0v) is 10.6. The molecular weight excluding hydrogens is 246 g/mol. The molecule has 1 aliphatic rings. The average molecular weight is 261 g/mol. The van der Waals surface area contributed by atoms with E-state index in [0.29, 0.717) is 0 Å². The summed E-state index contributed by atoms with van der Waals surface area (Å²) in [4.78, 5) is 35.6. The molecule has 1 aromatic rings. The molecule has 1 N–H and O–H groups in total. The number of rotatable bonds is 3. The lowest BCUT2D eigenvalue weighted by molar-refractivity contribution is -0.141. The molecule has 5 heteroatoms. The van der Waals surface area contributed by atoms with Gasteiger partial charge in [-0.2, -0.15) is 0 Å². The van der Waals surface area contributed by atoms with Gasteiger partial charge in [-0.1, -0.05) is 24.3 Å². The van der Waals surface area contributed by atoms with Gasteiger partial charge in [-0.25, -0.2) is 0 Å². The number of nitrogens with zero attached hydrogens (tertiary/aromatic N) is 1. The third-order valence-corrected chi connectivity index (χ3v) is 3.38. The molecule has 1 fully saturated rings. The minimum atomic E-state index is -1.03. The molecule has 0 aromatic heterocycles. The monoisotopic (exact) mass is 261 g/mol. The van der Waals surface area contributed by atoms with Crippen molar-refractivity contribution < 1.29 is 19.5 Å². The van der Waals surface area contributed by atoms with Crippen molar-refractivity contribution in [2.24, 2.45) is 5.92 Å². The zero-order chi connectivity index (χ0) is 14.0. The molecule has 0 radical (unpaired) electrons. The largest absolute Gasteiger partial charge is 0.481 e. The van der Waals surface area contributed by atoms with E-state index in [4.69, 9.17) is 5.11 Å². The van der Waals surface area contributed by atoms with Gasteiger partial charge in [-0.05, 0) is 18.1 Å². The molecule has 0 aliphatic carbocycles. The van der Waals surface area contributed by atoms with Gasteiger partial charge in [0.15, 0.2) is 0 Å². The van der Waals surface area contributed by atoms with Gasteiger partial charge in [0.25, 0.3) is 0 Å². The molecule has 1 heterocycles. The Morgan fingerprint density at radius 2 is 2.05 bits per heavy atom. The minimum Gasteiger partial charge on any atom is -0.481 e. The van der Waals surface area contributed by atoms with Crippen molar-refractivity contribution in [1.29, 1.82) is 0 Å². The van der Waals surface area contributed by atoms with Crippen molar-refractivity contribution in [3.05, 3.63) is 35.4 Å². The molecule has 0 saturated carbocycles. The lowest BCUT2D eigenvalue weighted by Crippen LogP contribution is -2.34. The van der Waals surface area contributed by atoms with Gasteiger partial charge in [0, 0.05) is 13.0 Å². The van der Waals surface area contributed by atoms with Crippen molar-refractivity contribution in [2.75, 3.05) is 6.54 Å². The SMILES string of the molecule is Cc1ccccc1CC(=O)N1CC(C(=O)O)CC1=O. The fraction of sp³-hybridized carbons (Fsp3) is 0.357. The van der Waals surface area contributed by atoms with Crippen LogP contribution in [-0.4, -0.2) is 34.3 Å². The summed E-state index contributed by atoms with van der Waals surface area (Å²) in [5.74, 6) is -2.53. The van der Waals surface area contributed by atoms with Crippen LogP contribution in [0.5, 0.6) is 0 Å². The third-order valence-electron chi connectivity index (χ3n) is 3.38. The summed E-state index contributed by atoms with van der Waals surface area (Å²) < 4.78 is 0. The molecule has 1 unspecified atom stereocenters. The van der Waals surface area contributed by atoms with Crippen LogP contribution in [0.4, 0.5) is 0 Å². The normalized spacial score (nSPS) is 18.7. The van der Waals surface area contributed by atoms with Gasteiger partial charge in [0.05, 0.1) is 12.3 Å². The summed E-state index contributed by atoms with van der Waals surface area (Å²) in [5, 5.41) is 8.87. The minimum absolute atomic E-state index is 0.0150. The fourth-order valence-corrected chi connectivity index (χ4v) is 2.18. The predicted octanol–water partition coefficient (Wildman–Crippen LogP) is 0.997. The smallest absolute Gasteiger partial charge is 0.308 e. The Morgan fingerprint density at radius 3 is 2.63 bits per heavy atom. The molecule has 0 spiro atoms. The standard InChI is InChI=1S/C14H15NO4/c1-9-4-2-3-5-10(9)6-12(16)15-8-11(14(18)19)7-13(15)17/h2-5,11H,6-8H2,1H3,(H,18,19). The summed E-state index contributed by atoms with van der Waals surface area (Å²) in [7, 11) is 0. The molecule has 5 nitrogen and oxygen atoms in total. The second-order valence-electron chi connectivity index (χ2n) is 4.74. The van der Waals surface area contributed by atoms with E-state index in [1.165, 1.54) is 0 Å². The number of benzene rings is 1. The highest BCUT2D eigenvalue weighted by atomic mass is 16.4. The molecule has 19 heavy (non-hydrogen) atoms. The molecule has 0 bridgehead atoms. The van der Waals surface area contributed by atoms with Crippen molar-refractivity contribution in [2.45, 2.75) is 19.8 Å². The molecule has 1 aliphatic heterocycles. The quantitative estimate of drug-likeness (QED) is 0.880. The number of aryl methyl sites for hydroxylation is 1. The first kappa shape index (κ1) is 13.3. The number of carbonyl (C=O) groups excluding carboxylic acids is 2. The summed E-state index contributed by atoms with van der Waals surface area (Å²) in [6, 6.07) is 7.45. The van der Waals surface area contributed by atoms with Gasteiger partial charge in [0.2, 0.25) is 11.8 Å². The van der Waals surface area contributed by atoms with Crippen LogP contribution < -0.4 is 0 Å². The summed E-state index contributed by atoms with van der Waals surface area (Å²) in [6.45, 7) is 1.88. The highest BCUT2D eigenvalue weighted by Gasteiger charge is 2.37. The number of amides is 2. The van der Waals surface area contributed by atoms with Gasteiger partial charge < -0.3 is 5.11 Å². The van der Waals surface area contributed by atoms with Crippen molar-refractivity contribution >= 4 is 17.8 Å². The number of carbonyl (C=O) groups is 3. The van der Waals surface area contributed by atoms with E-state index < -0.39 is 17.8 Å². The van der Waals surface area contributed by atoms with Gasteiger partial charge >= 0.3 is 5.97 Å². The molecule has 1 atom stereocenters. The van der Waals surface area contributed by atoms with Crippen LogP contribution in [-0.2, 0) is 20.8 Å². The topological polar surface area (TPSA) is 74.7 Å². The molecule has 100 valence electrons. The number of carboxylic acid groups (broad SMARTS) is 1. The number of imide groups is 1. The maximum Gasteiger partial charge on any atom is 0.308 e. The van der Waals surface area contributed by atoms with Crippen LogP contribution >= 0.6 is 0 Å². The van der Waals surface area contributed by atoms with Crippen LogP contribution in [0.3, 0.4) is 0 Å². The molecule has 1 saturated heterocycles. The zero-order valence-electron chi connectivity index (χ0n) is 10.6. The van der Waals surface area contributed by atoms with Gasteiger partial charge in [-0.3, -0.25) is 19.3 Å². The summed E-state index contributed by atoms with van der Waals surface area (Å²) >= 11 is 0. The number of carboxylic acids is 1. The fourth-order valence-electron chi connectivity index (χ4n) is 2.18. The van der Waals surface area contributed by atoms with E-state index >= 15 is 0 Å². The van der Waals surface area contributed by atoms with E-state index in [-0.39, 0.29) is 25.3 Å². The molecule has 1 aromatic carbocycles. The van der Waals surface area contributed by atoms with E-state index in [9.17, 15) is 14.4 Å². The Labute approximate surface area is 110 Å². The third kappa shape index (κ3) is 2.81. The summed E-state index contributed by atoms with van der Waals surface area (Å²) in [6.07, 6.45) is 0.0413. The van der Waals surface area contributed by atoms with Crippen LogP contribution in [0.2, 0.25) is 0 Å². The number of hydrogen-bond donors (Lipinski definition) is 1. The Hall–Kier alpha value is -2.17. The van der Waals surface area contributed by atoms with Crippen LogP contribution in [0.15, 0.2) is 24.3 Å². The van der Waals surface area contributed by atoms with Crippen molar-refractivity contribution in [3.63, 3.8) is 0 Å². The highest BCUT2D eigenvalue weighted by Crippen LogP contribution is 2.19. The first-order chi connectivity index (χ1) is 8.99. The first-order valence-corrected chi connectivity index (χ1v) is 6.09. The average Bonchev–Trinajstić information content (AvgIpc) is 2.74. The predicted molar refractivity (Wildman–Crippen MR) is 67.3 cm³/mol. The Balaban J connectivity index is 2.07. The Kier molecular flexibility index (Phi) is 3.64. The maximum atomic E-state index is 12.1. The first-order valence-electron chi connectivity index (χ1n) is 6.09. The van der Waals surface area contributed by atoms with Gasteiger partial charge in [-0.15, -0.1) is 0 Å². The second-order valence-corrected chi connectivity index (χ2v) is 4.74. The Bertz CT molecular complexity index is 538. The second kappa shape index (κ2) is 5.22. The van der Waals surface area contributed by atoms with Crippen LogP contribution in [0, 0.1) is 12.8 Å². The lowest BCUT2D eigenvalue weighted by atomic mass is 10.1. The van der Waals surface area contributed by atoms with Crippen molar-refractivity contribution in [1.82, 2.24) is 4.90 Å². The molecule has 2 amide bonds.